The van der Waals surface area contributed by atoms with Gasteiger partial charge in [-0.1, -0.05) is 58.1 Å². The highest BCUT2D eigenvalue weighted by atomic mass is 35.5. The van der Waals surface area contributed by atoms with Crippen molar-refractivity contribution in [1.29, 1.82) is 0 Å². The van der Waals surface area contributed by atoms with Crippen LogP contribution in [0.15, 0.2) is 0 Å². The van der Waals surface area contributed by atoms with Crippen molar-refractivity contribution in [2.24, 2.45) is 7.05 Å². The summed E-state index contributed by atoms with van der Waals surface area (Å²) < 4.78 is 1.99. The topological polar surface area (TPSA) is 17.8 Å². The minimum Gasteiger partial charge on any atom is -0.270 e. The monoisotopic (exact) mass is 270 g/mol. The van der Waals surface area contributed by atoms with Crippen molar-refractivity contribution in [3.05, 3.63) is 16.4 Å². The SMILES string of the molecule is CCCCC(C)(CCCC)c1c(Cl)c(C)nn1C. The third-order valence-corrected chi connectivity index (χ3v) is 4.34. The van der Waals surface area contributed by atoms with E-state index < -0.39 is 0 Å². The fourth-order valence-electron chi connectivity index (χ4n) is 2.78. The van der Waals surface area contributed by atoms with Gasteiger partial charge in [0.05, 0.1) is 16.4 Å². The Hall–Kier alpha value is -0.500. The Morgan fingerprint density at radius 3 is 2.00 bits per heavy atom. The van der Waals surface area contributed by atoms with Crippen LogP contribution in [0.2, 0.25) is 5.02 Å². The molecule has 0 N–H and O–H groups in total. The number of unbranched alkanes of at least 4 members (excludes halogenated alkanes) is 2. The molecule has 0 spiro atoms. The van der Waals surface area contributed by atoms with Crippen molar-refractivity contribution >= 4 is 11.6 Å². The molecule has 1 heterocycles. The summed E-state index contributed by atoms with van der Waals surface area (Å²) in [6.07, 6.45) is 7.36. The Balaban J connectivity index is 3.07. The summed E-state index contributed by atoms with van der Waals surface area (Å²) in [4.78, 5) is 0. The molecule has 0 unspecified atom stereocenters. The molecule has 18 heavy (non-hydrogen) atoms. The van der Waals surface area contributed by atoms with E-state index in [0.717, 1.165) is 10.7 Å². The number of aromatic nitrogens is 2. The van der Waals surface area contributed by atoms with Gasteiger partial charge in [0, 0.05) is 12.5 Å². The average Bonchev–Trinajstić information content (AvgIpc) is 2.59. The second-order valence-electron chi connectivity index (χ2n) is 5.64. The predicted octanol–water partition coefficient (Wildman–Crippen LogP) is 5.02. The number of halogens is 1. The zero-order valence-corrected chi connectivity index (χ0v) is 13.3. The van der Waals surface area contributed by atoms with Gasteiger partial charge in [-0.15, -0.1) is 0 Å². The molecule has 1 aromatic rings. The fraction of sp³-hybridized carbons (Fsp3) is 0.800. The molecule has 0 saturated carbocycles. The normalized spacial score (nSPS) is 12.1. The van der Waals surface area contributed by atoms with Crippen LogP contribution in [0, 0.1) is 6.92 Å². The Morgan fingerprint density at radius 2 is 1.67 bits per heavy atom. The van der Waals surface area contributed by atoms with E-state index in [-0.39, 0.29) is 5.41 Å². The summed E-state index contributed by atoms with van der Waals surface area (Å²) in [6.45, 7) is 8.83. The molecule has 0 atom stereocenters. The smallest absolute Gasteiger partial charge is 0.0852 e. The van der Waals surface area contributed by atoms with Gasteiger partial charge in [0.2, 0.25) is 0 Å². The zero-order chi connectivity index (χ0) is 13.8. The maximum atomic E-state index is 6.47. The van der Waals surface area contributed by atoms with E-state index >= 15 is 0 Å². The van der Waals surface area contributed by atoms with Crippen LogP contribution in [-0.2, 0) is 12.5 Å². The quantitative estimate of drug-likeness (QED) is 0.680. The molecule has 0 radical (unpaired) electrons. The van der Waals surface area contributed by atoms with E-state index in [2.05, 4.69) is 25.9 Å². The van der Waals surface area contributed by atoms with Crippen LogP contribution >= 0.6 is 11.6 Å². The van der Waals surface area contributed by atoms with Crippen LogP contribution in [0.5, 0.6) is 0 Å². The van der Waals surface area contributed by atoms with E-state index in [1.165, 1.54) is 44.2 Å². The Kier molecular flexibility index (Phi) is 5.71. The van der Waals surface area contributed by atoms with Crippen LogP contribution in [0.3, 0.4) is 0 Å². The summed E-state index contributed by atoms with van der Waals surface area (Å²) in [6, 6.07) is 0. The van der Waals surface area contributed by atoms with Gasteiger partial charge in [-0.3, -0.25) is 4.68 Å². The fourth-order valence-corrected chi connectivity index (χ4v) is 3.17. The van der Waals surface area contributed by atoms with Crippen LogP contribution in [0.25, 0.3) is 0 Å². The molecule has 2 nitrogen and oxygen atoms in total. The van der Waals surface area contributed by atoms with E-state index in [0.29, 0.717) is 0 Å². The van der Waals surface area contributed by atoms with Crippen LogP contribution in [-0.4, -0.2) is 9.78 Å². The van der Waals surface area contributed by atoms with Gasteiger partial charge in [-0.05, 0) is 19.8 Å². The van der Waals surface area contributed by atoms with E-state index in [1.54, 1.807) is 0 Å². The van der Waals surface area contributed by atoms with E-state index in [1.807, 2.05) is 18.7 Å². The van der Waals surface area contributed by atoms with Crippen molar-refractivity contribution in [2.75, 3.05) is 0 Å². The first-order valence-corrected chi connectivity index (χ1v) is 7.53. The molecule has 1 aromatic heterocycles. The number of hydrogen-bond donors (Lipinski definition) is 0. The first kappa shape index (κ1) is 15.6. The van der Waals surface area contributed by atoms with Gasteiger partial charge in [-0.25, -0.2) is 0 Å². The first-order chi connectivity index (χ1) is 8.46. The summed E-state index contributed by atoms with van der Waals surface area (Å²) >= 11 is 6.47. The van der Waals surface area contributed by atoms with Crippen molar-refractivity contribution in [3.8, 4) is 0 Å². The molecule has 1 rings (SSSR count). The Labute approximate surface area is 117 Å². The molecule has 0 bridgehead atoms. The molecular formula is C15H27ClN2. The number of nitrogens with zero attached hydrogens (tertiary/aromatic N) is 2. The molecule has 104 valence electrons. The Morgan fingerprint density at radius 1 is 1.17 bits per heavy atom. The highest BCUT2D eigenvalue weighted by molar-refractivity contribution is 6.32. The van der Waals surface area contributed by atoms with Gasteiger partial charge < -0.3 is 0 Å². The number of aryl methyl sites for hydroxylation is 2. The number of rotatable bonds is 7. The molecule has 0 aromatic carbocycles. The minimum absolute atomic E-state index is 0.166. The molecule has 0 saturated heterocycles. The zero-order valence-electron chi connectivity index (χ0n) is 12.5. The molecular weight excluding hydrogens is 244 g/mol. The van der Waals surface area contributed by atoms with Gasteiger partial charge in [0.1, 0.15) is 0 Å². The second kappa shape index (κ2) is 6.60. The minimum atomic E-state index is 0.166. The van der Waals surface area contributed by atoms with Crippen LogP contribution in [0.1, 0.15) is 70.7 Å². The van der Waals surface area contributed by atoms with Gasteiger partial charge in [0.25, 0.3) is 0 Å². The van der Waals surface area contributed by atoms with E-state index in [4.69, 9.17) is 11.6 Å². The molecule has 0 aliphatic rings. The van der Waals surface area contributed by atoms with Crippen molar-refractivity contribution in [1.82, 2.24) is 9.78 Å². The Bertz CT molecular complexity index is 374. The van der Waals surface area contributed by atoms with Gasteiger partial charge >= 0.3 is 0 Å². The highest BCUT2D eigenvalue weighted by Gasteiger charge is 2.32. The molecule has 0 amide bonds. The van der Waals surface area contributed by atoms with Crippen molar-refractivity contribution < 1.29 is 0 Å². The average molecular weight is 271 g/mol. The maximum Gasteiger partial charge on any atom is 0.0852 e. The van der Waals surface area contributed by atoms with Crippen molar-refractivity contribution in [3.63, 3.8) is 0 Å². The largest absolute Gasteiger partial charge is 0.270 e. The van der Waals surface area contributed by atoms with E-state index in [9.17, 15) is 0 Å². The highest BCUT2D eigenvalue weighted by Crippen LogP contribution is 2.39. The standard InChI is InChI=1S/C15H27ClN2/c1-6-8-10-15(4,11-9-7-2)14-13(16)12(3)17-18(14)5/h6-11H2,1-5H3. The lowest BCUT2D eigenvalue weighted by Gasteiger charge is -2.30. The van der Waals surface area contributed by atoms with Gasteiger partial charge in [0.15, 0.2) is 0 Å². The summed E-state index contributed by atoms with van der Waals surface area (Å²) in [5.74, 6) is 0. The molecule has 0 fully saturated rings. The molecule has 0 aliphatic heterocycles. The molecule has 0 aliphatic carbocycles. The molecule has 3 heteroatoms. The second-order valence-corrected chi connectivity index (χ2v) is 6.02. The first-order valence-electron chi connectivity index (χ1n) is 7.15. The maximum absolute atomic E-state index is 6.47. The van der Waals surface area contributed by atoms with Crippen LogP contribution in [0.4, 0.5) is 0 Å². The summed E-state index contributed by atoms with van der Waals surface area (Å²) in [7, 11) is 2.02. The lowest BCUT2D eigenvalue weighted by Crippen LogP contribution is -2.25. The third-order valence-electron chi connectivity index (χ3n) is 3.89. The summed E-state index contributed by atoms with van der Waals surface area (Å²) in [5, 5.41) is 5.35. The van der Waals surface area contributed by atoms with Crippen LogP contribution < -0.4 is 0 Å². The summed E-state index contributed by atoms with van der Waals surface area (Å²) in [5.41, 5.74) is 2.34. The predicted molar refractivity (Wildman–Crippen MR) is 79.4 cm³/mol. The number of hydrogen-bond acceptors (Lipinski definition) is 1. The third kappa shape index (κ3) is 3.28. The van der Waals surface area contributed by atoms with Crippen molar-refractivity contribution in [2.45, 2.75) is 71.6 Å². The lowest BCUT2D eigenvalue weighted by molar-refractivity contribution is 0.351. The lowest BCUT2D eigenvalue weighted by atomic mass is 9.77. The van der Waals surface area contributed by atoms with Gasteiger partial charge in [-0.2, -0.15) is 5.10 Å².